The van der Waals surface area contributed by atoms with Crippen LogP contribution in [0.5, 0.6) is 0 Å². The molecule has 1 aliphatic heterocycles. The fraction of sp³-hybridized carbons (Fsp3) is 0.667. The van der Waals surface area contributed by atoms with Gasteiger partial charge in [0.15, 0.2) is 4.21 Å². The van der Waals surface area contributed by atoms with Crippen LogP contribution in [0.2, 0.25) is 0 Å². The Bertz CT molecular complexity index is 469. The van der Waals surface area contributed by atoms with Crippen LogP contribution >= 0.6 is 11.3 Å². The molecule has 0 aliphatic carbocycles. The van der Waals surface area contributed by atoms with E-state index in [1.807, 2.05) is 0 Å². The smallest absolute Gasteiger partial charge is 0.254 e. The van der Waals surface area contributed by atoms with E-state index >= 15 is 0 Å². The van der Waals surface area contributed by atoms with Crippen molar-refractivity contribution in [3.63, 3.8) is 0 Å². The number of nitrogens with zero attached hydrogens (tertiary/aromatic N) is 2. The Kier molecular flexibility index (Phi) is 3.29. The van der Waals surface area contributed by atoms with E-state index in [0.717, 1.165) is 11.4 Å². The maximum atomic E-state index is 12.1. The molecule has 0 amide bonds. The summed E-state index contributed by atoms with van der Waals surface area (Å²) in [6, 6.07) is 0. The molecule has 1 aromatic rings. The summed E-state index contributed by atoms with van der Waals surface area (Å²) in [6.45, 7) is 2.73. The SMILES string of the molecule is Cc1ncc(S(=O)(=O)N2CCC(CO)C2)s1. The van der Waals surface area contributed by atoms with Crippen molar-refractivity contribution in [1.29, 1.82) is 0 Å². The Morgan fingerprint density at radius 1 is 1.69 bits per heavy atom. The van der Waals surface area contributed by atoms with Crippen molar-refractivity contribution in [2.75, 3.05) is 19.7 Å². The minimum Gasteiger partial charge on any atom is -0.396 e. The first kappa shape index (κ1) is 12.0. The van der Waals surface area contributed by atoms with E-state index in [9.17, 15) is 8.42 Å². The highest BCUT2D eigenvalue weighted by Crippen LogP contribution is 2.27. The molecule has 1 atom stereocenters. The number of hydrogen-bond acceptors (Lipinski definition) is 5. The molecule has 0 aromatic carbocycles. The van der Waals surface area contributed by atoms with Crippen molar-refractivity contribution < 1.29 is 13.5 Å². The molecule has 0 spiro atoms. The molecule has 1 aliphatic rings. The van der Waals surface area contributed by atoms with Crippen LogP contribution in [0.15, 0.2) is 10.4 Å². The van der Waals surface area contributed by atoms with Gasteiger partial charge in [-0.25, -0.2) is 13.4 Å². The van der Waals surface area contributed by atoms with Crippen LogP contribution < -0.4 is 0 Å². The monoisotopic (exact) mass is 262 g/mol. The maximum Gasteiger partial charge on any atom is 0.254 e. The predicted octanol–water partition coefficient (Wildman–Crippen LogP) is 0.454. The molecule has 2 rings (SSSR count). The highest BCUT2D eigenvalue weighted by atomic mass is 32.2. The molecule has 5 nitrogen and oxygen atoms in total. The molecule has 1 aromatic heterocycles. The van der Waals surface area contributed by atoms with E-state index in [4.69, 9.17) is 5.11 Å². The number of aliphatic hydroxyl groups excluding tert-OH is 1. The van der Waals surface area contributed by atoms with E-state index in [0.29, 0.717) is 17.3 Å². The van der Waals surface area contributed by atoms with Crippen LogP contribution in [0.1, 0.15) is 11.4 Å². The van der Waals surface area contributed by atoms with Gasteiger partial charge in [-0.3, -0.25) is 0 Å². The highest BCUT2D eigenvalue weighted by Gasteiger charge is 2.33. The second kappa shape index (κ2) is 4.40. The molecule has 16 heavy (non-hydrogen) atoms. The van der Waals surface area contributed by atoms with E-state index in [1.165, 1.54) is 21.8 Å². The van der Waals surface area contributed by atoms with Gasteiger partial charge in [0.25, 0.3) is 10.0 Å². The standard InChI is InChI=1S/C9H14N2O3S2/c1-7-10-4-9(15-7)16(13,14)11-3-2-8(5-11)6-12/h4,8,12H,2-3,5-6H2,1H3. The summed E-state index contributed by atoms with van der Waals surface area (Å²) >= 11 is 1.19. The minimum absolute atomic E-state index is 0.0493. The summed E-state index contributed by atoms with van der Waals surface area (Å²) in [5.74, 6) is 0.0730. The second-order valence-corrected chi connectivity index (χ2v) is 7.30. The Hall–Kier alpha value is -0.500. The number of aliphatic hydroxyl groups is 1. The van der Waals surface area contributed by atoms with Crippen molar-refractivity contribution in [2.45, 2.75) is 17.6 Å². The fourth-order valence-electron chi connectivity index (χ4n) is 1.75. The lowest BCUT2D eigenvalue weighted by atomic mass is 10.1. The van der Waals surface area contributed by atoms with Crippen LogP contribution in [-0.2, 0) is 10.0 Å². The first-order valence-electron chi connectivity index (χ1n) is 5.07. The van der Waals surface area contributed by atoms with Gasteiger partial charge in [-0.15, -0.1) is 11.3 Å². The van der Waals surface area contributed by atoms with Gasteiger partial charge in [0.1, 0.15) is 0 Å². The van der Waals surface area contributed by atoms with Crippen LogP contribution in [-0.4, -0.2) is 42.5 Å². The molecule has 1 N–H and O–H groups in total. The van der Waals surface area contributed by atoms with Crippen molar-refractivity contribution in [3.05, 3.63) is 11.2 Å². The molecule has 0 bridgehead atoms. The quantitative estimate of drug-likeness (QED) is 0.859. The fourth-order valence-corrected chi connectivity index (χ4v) is 4.55. The third-order valence-electron chi connectivity index (χ3n) is 2.70. The molecule has 1 saturated heterocycles. The average Bonchev–Trinajstić information content (AvgIpc) is 2.85. The van der Waals surface area contributed by atoms with E-state index < -0.39 is 10.0 Å². The van der Waals surface area contributed by atoms with Crippen molar-refractivity contribution in [1.82, 2.24) is 9.29 Å². The number of sulfonamides is 1. The lowest BCUT2D eigenvalue weighted by Crippen LogP contribution is -2.28. The van der Waals surface area contributed by atoms with Crippen LogP contribution in [0.3, 0.4) is 0 Å². The minimum atomic E-state index is -3.38. The lowest BCUT2D eigenvalue weighted by molar-refractivity contribution is 0.233. The molecule has 1 fully saturated rings. The molecular weight excluding hydrogens is 248 g/mol. The van der Waals surface area contributed by atoms with E-state index in [2.05, 4.69) is 4.98 Å². The molecule has 0 radical (unpaired) electrons. The largest absolute Gasteiger partial charge is 0.396 e. The van der Waals surface area contributed by atoms with E-state index in [1.54, 1.807) is 6.92 Å². The summed E-state index contributed by atoms with van der Waals surface area (Å²) in [7, 11) is -3.38. The average molecular weight is 262 g/mol. The van der Waals surface area contributed by atoms with Gasteiger partial charge >= 0.3 is 0 Å². The number of thiazole rings is 1. The Labute approximate surface area is 98.8 Å². The van der Waals surface area contributed by atoms with Gasteiger partial charge in [-0.2, -0.15) is 4.31 Å². The molecule has 1 unspecified atom stereocenters. The van der Waals surface area contributed by atoms with Crippen LogP contribution in [0.4, 0.5) is 0 Å². The van der Waals surface area contributed by atoms with Gasteiger partial charge in [-0.1, -0.05) is 0 Å². The molecule has 2 heterocycles. The summed E-state index contributed by atoms with van der Waals surface area (Å²) in [5.41, 5.74) is 0. The Morgan fingerprint density at radius 2 is 2.44 bits per heavy atom. The van der Waals surface area contributed by atoms with Crippen molar-refractivity contribution in [3.8, 4) is 0 Å². The zero-order valence-corrected chi connectivity index (χ0v) is 10.6. The summed E-state index contributed by atoms with van der Waals surface area (Å²) in [5, 5.41) is 9.74. The van der Waals surface area contributed by atoms with Gasteiger partial charge < -0.3 is 5.11 Å². The maximum absolute atomic E-state index is 12.1. The first-order valence-corrected chi connectivity index (χ1v) is 7.33. The second-order valence-electron chi connectivity index (χ2n) is 3.90. The normalized spacial score (nSPS) is 22.8. The van der Waals surface area contributed by atoms with Crippen LogP contribution in [0.25, 0.3) is 0 Å². The number of rotatable bonds is 3. The number of aromatic nitrogens is 1. The van der Waals surface area contributed by atoms with Gasteiger partial charge in [-0.05, 0) is 19.3 Å². The molecule has 7 heteroatoms. The summed E-state index contributed by atoms with van der Waals surface area (Å²) in [6.07, 6.45) is 2.13. The summed E-state index contributed by atoms with van der Waals surface area (Å²) < 4.78 is 26.0. The summed E-state index contributed by atoms with van der Waals surface area (Å²) in [4.78, 5) is 3.96. The van der Waals surface area contributed by atoms with Gasteiger partial charge in [0, 0.05) is 19.7 Å². The number of hydrogen-bond donors (Lipinski definition) is 1. The molecule has 90 valence electrons. The van der Waals surface area contributed by atoms with E-state index in [-0.39, 0.29) is 12.5 Å². The third kappa shape index (κ3) is 2.13. The molecular formula is C9H14N2O3S2. The zero-order chi connectivity index (χ0) is 11.8. The number of aryl methyl sites for hydroxylation is 1. The predicted molar refractivity (Wildman–Crippen MR) is 60.8 cm³/mol. The van der Waals surface area contributed by atoms with Gasteiger partial charge in [0.05, 0.1) is 11.2 Å². The zero-order valence-electron chi connectivity index (χ0n) is 8.96. The third-order valence-corrected chi connectivity index (χ3v) is 5.92. The van der Waals surface area contributed by atoms with Crippen molar-refractivity contribution in [2.24, 2.45) is 5.92 Å². The Morgan fingerprint density at radius 3 is 2.94 bits per heavy atom. The molecule has 0 saturated carbocycles. The first-order chi connectivity index (χ1) is 7.54. The topological polar surface area (TPSA) is 70.5 Å². The highest BCUT2D eigenvalue weighted by molar-refractivity contribution is 7.91. The Balaban J connectivity index is 2.21. The lowest BCUT2D eigenvalue weighted by Gasteiger charge is -2.14. The van der Waals surface area contributed by atoms with Crippen molar-refractivity contribution >= 4 is 21.4 Å². The van der Waals surface area contributed by atoms with Crippen LogP contribution in [0, 0.1) is 12.8 Å². The van der Waals surface area contributed by atoms with Gasteiger partial charge in [0.2, 0.25) is 0 Å².